The molecule has 3 heteroatoms. The molecule has 2 aromatic carbocycles. The predicted molar refractivity (Wildman–Crippen MR) is 74.3 cm³/mol. The molecule has 1 unspecified atom stereocenters. The molecule has 0 bridgehead atoms. The third kappa shape index (κ3) is 2.59. The van der Waals surface area contributed by atoms with Crippen LogP contribution in [0.15, 0.2) is 42.5 Å². The van der Waals surface area contributed by atoms with E-state index in [-0.39, 0.29) is 11.2 Å². The first-order valence-electron chi connectivity index (χ1n) is 6.37. The van der Waals surface area contributed by atoms with E-state index in [2.05, 4.69) is 6.07 Å². The van der Waals surface area contributed by atoms with Crippen LogP contribution in [0.4, 0.5) is 4.39 Å². The van der Waals surface area contributed by atoms with E-state index < -0.39 is 0 Å². The van der Waals surface area contributed by atoms with E-state index in [0.29, 0.717) is 12.0 Å². The molecule has 3 rings (SSSR count). The summed E-state index contributed by atoms with van der Waals surface area (Å²) in [6.07, 6.45) is 1.42. The van der Waals surface area contributed by atoms with Gasteiger partial charge in [-0.2, -0.15) is 0 Å². The van der Waals surface area contributed by atoms with Crippen molar-refractivity contribution in [3.05, 3.63) is 65.0 Å². The zero-order valence-corrected chi connectivity index (χ0v) is 11.2. The second-order valence-corrected chi connectivity index (χ2v) is 5.26. The first-order chi connectivity index (χ1) is 9.24. The van der Waals surface area contributed by atoms with E-state index in [1.807, 2.05) is 18.2 Å². The summed E-state index contributed by atoms with van der Waals surface area (Å²) >= 11 is 6.41. The van der Waals surface area contributed by atoms with E-state index in [1.54, 1.807) is 12.1 Å². The molecule has 1 heterocycles. The molecule has 1 nitrogen and oxygen atoms in total. The Kier molecular flexibility index (Phi) is 3.43. The Hall–Kier alpha value is -1.54. The van der Waals surface area contributed by atoms with Gasteiger partial charge in [0.25, 0.3) is 0 Å². The molecule has 0 saturated heterocycles. The summed E-state index contributed by atoms with van der Waals surface area (Å²) in [5, 5.41) is -0.220. The fourth-order valence-corrected chi connectivity index (χ4v) is 2.68. The third-order valence-corrected chi connectivity index (χ3v) is 3.84. The molecule has 0 N–H and O–H groups in total. The molecule has 0 amide bonds. The summed E-state index contributed by atoms with van der Waals surface area (Å²) in [6.45, 7) is 0.735. The molecule has 0 fully saturated rings. The average molecular weight is 277 g/mol. The first kappa shape index (κ1) is 12.5. The minimum atomic E-state index is -0.220. The quantitative estimate of drug-likeness (QED) is 0.760. The van der Waals surface area contributed by atoms with Gasteiger partial charge in [0.1, 0.15) is 11.6 Å². The lowest BCUT2D eigenvalue weighted by Gasteiger charge is -2.12. The van der Waals surface area contributed by atoms with E-state index >= 15 is 0 Å². The highest BCUT2D eigenvalue weighted by molar-refractivity contribution is 6.20. The smallest absolute Gasteiger partial charge is 0.126 e. The maximum atomic E-state index is 13.6. The highest BCUT2D eigenvalue weighted by Crippen LogP contribution is 2.32. The fourth-order valence-electron chi connectivity index (χ4n) is 2.38. The van der Waals surface area contributed by atoms with Crippen LogP contribution in [0, 0.1) is 5.82 Å². The fraction of sp³-hybridized carbons (Fsp3) is 0.250. The Morgan fingerprint density at radius 2 is 2.05 bits per heavy atom. The Morgan fingerprint density at radius 3 is 2.89 bits per heavy atom. The van der Waals surface area contributed by atoms with Gasteiger partial charge in [0.05, 0.1) is 12.0 Å². The van der Waals surface area contributed by atoms with Crippen LogP contribution in [-0.4, -0.2) is 6.61 Å². The summed E-state index contributed by atoms with van der Waals surface area (Å²) in [5.41, 5.74) is 2.87. The third-order valence-electron chi connectivity index (χ3n) is 3.43. The summed E-state index contributed by atoms with van der Waals surface area (Å²) in [4.78, 5) is 0. The topological polar surface area (TPSA) is 9.23 Å². The molecule has 1 atom stereocenters. The van der Waals surface area contributed by atoms with Gasteiger partial charge in [-0.25, -0.2) is 4.39 Å². The van der Waals surface area contributed by atoms with Crippen LogP contribution >= 0.6 is 11.6 Å². The lowest BCUT2D eigenvalue weighted by atomic mass is 10.0. The SMILES string of the molecule is Fc1ccccc1CC(Cl)c1ccc2c(c1)CCO2. The number of benzene rings is 2. The van der Waals surface area contributed by atoms with E-state index in [0.717, 1.165) is 24.3 Å². The number of hydrogen-bond acceptors (Lipinski definition) is 1. The minimum absolute atomic E-state index is 0.197. The van der Waals surface area contributed by atoms with Crippen LogP contribution in [0.5, 0.6) is 5.75 Å². The molecule has 0 saturated carbocycles. The lowest BCUT2D eigenvalue weighted by Crippen LogP contribution is -1.99. The zero-order valence-electron chi connectivity index (χ0n) is 10.4. The number of alkyl halides is 1. The number of fused-ring (bicyclic) bond motifs is 1. The monoisotopic (exact) mass is 276 g/mol. The van der Waals surface area contributed by atoms with Gasteiger partial charge >= 0.3 is 0 Å². The van der Waals surface area contributed by atoms with Gasteiger partial charge in [-0.1, -0.05) is 30.3 Å². The summed E-state index contributed by atoms with van der Waals surface area (Å²) in [5.74, 6) is 0.746. The van der Waals surface area contributed by atoms with Gasteiger partial charge in [0.2, 0.25) is 0 Å². The molecule has 98 valence electrons. The second kappa shape index (κ2) is 5.22. The Labute approximate surface area is 117 Å². The largest absolute Gasteiger partial charge is 0.493 e. The summed E-state index contributed by atoms with van der Waals surface area (Å²) in [6, 6.07) is 12.8. The second-order valence-electron chi connectivity index (χ2n) is 4.73. The van der Waals surface area contributed by atoms with Crippen molar-refractivity contribution in [1.82, 2.24) is 0 Å². The van der Waals surface area contributed by atoms with Crippen LogP contribution in [0.3, 0.4) is 0 Å². The Balaban J connectivity index is 1.81. The predicted octanol–water partition coefficient (Wildman–Crippen LogP) is 4.28. The van der Waals surface area contributed by atoms with Gasteiger partial charge in [-0.15, -0.1) is 11.6 Å². The van der Waals surface area contributed by atoms with Crippen molar-refractivity contribution in [2.45, 2.75) is 18.2 Å². The summed E-state index contributed by atoms with van der Waals surface area (Å²) in [7, 11) is 0. The molecular weight excluding hydrogens is 263 g/mol. The van der Waals surface area contributed by atoms with E-state index in [1.165, 1.54) is 11.6 Å². The number of hydrogen-bond donors (Lipinski definition) is 0. The van der Waals surface area contributed by atoms with E-state index in [4.69, 9.17) is 16.3 Å². The number of halogens is 2. The number of rotatable bonds is 3. The van der Waals surface area contributed by atoms with Crippen LogP contribution in [0.25, 0.3) is 0 Å². The molecule has 0 spiro atoms. The van der Waals surface area contributed by atoms with Crippen LogP contribution < -0.4 is 4.74 Å². The highest BCUT2D eigenvalue weighted by atomic mass is 35.5. The highest BCUT2D eigenvalue weighted by Gasteiger charge is 2.16. The van der Waals surface area contributed by atoms with Crippen molar-refractivity contribution in [1.29, 1.82) is 0 Å². The average Bonchev–Trinajstić information content (AvgIpc) is 2.88. The molecule has 19 heavy (non-hydrogen) atoms. The molecule has 1 aliphatic heterocycles. The van der Waals surface area contributed by atoms with Gasteiger partial charge in [-0.05, 0) is 35.2 Å². The van der Waals surface area contributed by atoms with Crippen molar-refractivity contribution < 1.29 is 9.13 Å². The molecule has 2 aromatic rings. The zero-order chi connectivity index (χ0) is 13.2. The first-order valence-corrected chi connectivity index (χ1v) is 6.81. The molecular formula is C16H14ClFO. The van der Waals surface area contributed by atoms with Gasteiger partial charge < -0.3 is 4.74 Å². The van der Waals surface area contributed by atoms with Crippen molar-refractivity contribution in [3.63, 3.8) is 0 Å². The molecule has 0 aliphatic carbocycles. The maximum Gasteiger partial charge on any atom is 0.126 e. The van der Waals surface area contributed by atoms with Crippen molar-refractivity contribution >= 4 is 11.6 Å². The lowest BCUT2D eigenvalue weighted by molar-refractivity contribution is 0.357. The van der Waals surface area contributed by atoms with Crippen molar-refractivity contribution in [3.8, 4) is 5.75 Å². The molecule has 1 aliphatic rings. The summed E-state index contributed by atoms with van der Waals surface area (Å²) < 4.78 is 19.1. The van der Waals surface area contributed by atoms with Gasteiger partial charge in [0.15, 0.2) is 0 Å². The van der Waals surface area contributed by atoms with Crippen molar-refractivity contribution in [2.24, 2.45) is 0 Å². The maximum absolute atomic E-state index is 13.6. The van der Waals surface area contributed by atoms with Gasteiger partial charge in [0, 0.05) is 6.42 Å². The number of ether oxygens (including phenoxy) is 1. The minimum Gasteiger partial charge on any atom is -0.493 e. The Bertz CT molecular complexity index is 597. The van der Waals surface area contributed by atoms with Crippen LogP contribution in [0.1, 0.15) is 22.1 Å². The molecule has 0 aromatic heterocycles. The van der Waals surface area contributed by atoms with Crippen molar-refractivity contribution in [2.75, 3.05) is 6.61 Å². The Morgan fingerprint density at radius 1 is 1.21 bits per heavy atom. The van der Waals surface area contributed by atoms with Crippen LogP contribution in [0.2, 0.25) is 0 Å². The van der Waals surface area contributed by atoms with E-state index in [9.17, 15) is 4.39 Å². The van der Waals surface area contributed by atoms with Gasteiger partial charge in [-0.3, -0.25) is 0 Å². The molecule has 0 radical (unpaired) electrons. The standard InChI is InChI=1S/C16H14ClFO/c17-14(10-12-3-1-2-4-15(12)18)11-5-6-16-13(9-11)7-8-19-16/h1-6,9,14H,7-8,10H2. The normalized spacial score (nSPS) is 14.8. The van der Waals surface area contributed by atoms with Crippen LogP contribution in [-0.2, 0) is 12.8 Å².